The van der Waals surface area contributed by atoms with Gasteiger partial charge < -0.3 is 10.6 Å². The van der Waals surface area contributed by atoms with Gasteiger partial charge in [-0.25, -0.2) is 4.39 Å². The van der Waals surface area contributed by atoms with Crippen LogP contribution in [-0.4, -0.2) is 25.0 Å². The molecule has 4 heteroatoms. The van der Waals surface area contributed by atoms with Gasteiger partial charge in [-0.3, -0.25) is 4.79 Å². The lowest BCUT2D eigenvalue weighted by atomic mass is 10.1. The molecule has 1 amide bonds. The van der Waals surface area contributed by atoms with Gasteiger partial charge in [0.1, 0.15) is 5.82 Å². The smallest absolute Gasteiger partial charge is 0.221 e. The standard InChI is InChI=1S/C14H21FN2O/c1-11(2)17-14(18)8-10-16-9-7-12-5-3-4-6-13(12)15/h3-6,11,16H,7-10H2,1-2H3,(H,17,18). The van der Waals surface area contributed by atoms with Crippen LogP contribution in [-0.2, 0) is 11.2 Å². The summed E-state index contributed by atoms with van der Waals surface area (Å²) in [5.74, 6) is -0.125. The summed E-state index contributed by atoms with van der Waals surface area (Å²) in [5.41, 5.74) is 0.705. The number of carbonyl (C=O) groups excluding carboxylic acids is 1. The molecule has 1 rings (SSSR count). The topological polar surface area (TPSA) is 41.1 Å². The van der Waals surface area contributed by atoms with Crippen molar-refractivity contribution in [3.63, 3.8) is 0 Å². The Labute approximate surface area is 108 Å². The van der Waals surface area contributed by atoms with Gasteiger partial charge in [0.2, 0.25) is 5.91 Å². The molecule has 0 aliphatic rings. The number of benzene rings is 1. The molecule has 0 saturated heterocycles. The summed E-state index contributed by atoms with van der Waals surface area (Å²) in [4.78, 5) is 11.3. The number of nitrogens with one attached hydrogen (secondary N) is 2. The molecule has 0 radical (unpaired) electrons. The van der Waals surface area contributed by atoms with E-state index in [9.17, 15) is 9.18 Å². The Bertz CT molecular complexity index is 380. The predicted octanol–water partition coefficient (Wildman–Crippen LogP) is 1.87. The number of rotatable bonds is 7. The molecule has 0 aromatic heterocycles. The van der Waals surface area contributed by atoms with E-state index < -0.39 is 0 Å². The minimum atomic E-state index is -0.170. The molecule has 2 N–H and O–H groups in total. The van der Waals surface area contributed by atoms with Crippen molar-refractivity contribution < 1.29 is 9.18 Å². The van der Waals surface area contributed by atoms with Gasteiger partial charge in [-0.2, -0.15) is 0 Å². The second-order valence-electron chi connectivity index (χ2n) is 4.56. The molecule has 100 valence electrons. The molecule has 0 aliphatic carbocycles. The number of hydrogen-bond acceptors (Lipinski definition) is 2. The van der Waals surface area contributed by atoms with E-state index in [4.69, 9.17) is 0 Å². The minimum absolute atomic E-state index is 0.0448. The summed E-state index contributed by atoms with van der Waals surface area (Å²) in [6.07, 6.45) is 1.09. The van der Waals surface area contributed by atoms with Gasteiger partial charge in [0.15, 0.2) is 0 Å². The van der Waals surface area contributed by atoms with Gasteiger partial charge in [-0.15, -0.1) is 0 Å². The van der Waals surface area contributed by atoms with Crippen molar-refractivity contribution in [2.45, 2.75) is 32.7 Å². The van der Waals surface area contributed by atoms with E-state index in [0.717, 1.165) is 0 Å². The Morgan fingerprint density at radius 1 is 1.28 bits per heavy atom. The molecule has 0 spiro atoms. The molecule has 0 saturated carbocycles. The Morgan fingerprint density at radius 3 is 2.67 bits per heavy atom. The van der Waals surface area contributed by atoms with E-state index in [-0.39, 0.29) is 17.8 Å². The Kier molecular flexibility index (Phi) is 6.36. The first kappa shape index (κ1) is 14.6. The van der Waals surface area contributed by atoms with E-state index in [1.807, 2.05) is 19.9 Å². The average Bonchev–Trinajstić information content (AvgIpc) is 2.30. The summed E-state index contributed by atoms with van der Waals surface area (Å²) in [6.45, 7) is 5.16. The molecule has 0 heterocycles. The third-order valence-corrected chi connectivity index (χ3v) is 2.51. The average molecular weight is 252 g/mol. The van der Waals surface area contributed by atoms with Crippen LogP contribution in [0, 0.1) is 5.82 Å². The predicted molar refractivity (Wildman–Crippen MR) is 70.9 cm³/mol. The zero-order chi connectivity index (χ0) is 13.4. The third kappa shape index (κ3) is 5.77. The molecule has 18 heavy (non-hydrogen) atoms. The monoisotopic (exact) mass is 252 g/mol. The fraction of sp³-hybridized carbons (Fsp3) is 0.500. The molecule has 0 fully saturated rings. The summed E-state index contributed by atoms with van der Waals surface area (Å²) >= 11 is 0. The van der Waals surface area contributed by atoms with Crippen molar-refractivity contribution in [2.75, 3.05) is 13.1 Å². The van der Waals surface area contributed by atoms with E-state index in [0.29, 0.717) is 31.5 Å². The second kappa shape index (κ2) is 7.82. The fourth-order valence-electron chi connectivity index (χ4n) is 1.65. The molecule has 0 aliphatic heterocycles. The zero-order valence-corrected chi connectivity index (χ0v) is 11.0. The number of carbonyl (C=O) groups is 1. The van der Waals surface area contributed by atoms with Crippen molar-refractivity contribution in [2.24, 2.45) is 0 Å². The largest absolute Gasteiger partial charge is 0.354 e. The Balaban J connectivity index is 2.12. The quantitative estimate of drug-likeness (QED) is 0.727. The van der Waals surface area contributed by atoms with Crippen LogP contribution in [0.5, 0.6) is 0 Å². The van der Waals surface area contributed by atoms with Crippen LogP contribution < -0.4 is 10.6 Å². The number of amides is 1. The first-order valence-corrected chi connectivity index (χ1v) is 6.33. The summed E-state index contributed by atoms with van der Waals surface area (Å²) in [6, 6.07) is 6.93. The SMILES string of the molecule is CC(C)NC(=O)CCNCCc1ccccc1F. The first-order chi connectivity index (χ1) is 8.59. The van der Waals surface area contributed by atoms with Crippen molar-refractivity contribution in [1.29, 1.82) is 0 Å². The molecule has 0 bridgehead atoms. The van der Waals surface area contributed by atoms with E-state index in [1.165, 1.54) is 6.07 Å². The summed E-state index contributed by atoms with van der Waals surface area (Å²) in [7, 11) is 0. The highest BCUT2D eigenvalue weighted by Crippen LogP contribution is 2.05. The van der Waals surface area contributed by atoms with Crippen molar-refractivity contribution >= 4 is 5.91 Å². The molecular weight excluding hydrogens is 231 g/mol. The molecule has 1 aromatic rings. The lowest BCUT2D eigenvalue weighted by Gasteiger charge is -2.09. The van der Waals surface area contributed by atoms with Crippen molar-refractivity contribution in [3.8, 4) is 0 Å². The maximum atomic E-state index is 13.3. The summed E-state index contributed by atoms with van der Waals surface area (Å²) in [5, 5.41) is 5.96. The van der Waals surface area contributed by atoms with Gasteiger partial charge in [0.05, 0.1) is 0 Å². The maximum absolute atomic E-state index is 13.3. The molecule has 0 unspecified atom stereocenters. The fourth-order valence-corrected chi connectivity index (χ4v) is 1.65. The third-order valence-electron chi connectivity index (χ3n) is 2.51. The van der Waals surface area contributed by atoms with E-state index >= 15 is 0 Å². The van der Waals surface area contributed by atoms with Crippen LogP contribution in [0.3, 0.4) is 0 Å². The van der Waals surface area contributed by atoms with E-state index in [2.05, 4.69) is 10.6 Å². The maximum Gasteiger partial charge on any atom is 0.221 e. The highest BCUT2D eigenvalue weighted by atomic mass is 19.1. The normalized spacial score (nSPS) is 10.7. The van der Waals surface area contributed by atoms with Crippen LogP contribution in [0.15, 0.2) is 24.3 Å². The molecular formula is C14H21FN2O. The van der Waals surface area contributed by atoms with Gasteiger partial charge in [0, 0.05) is 19.0 Å². The molecule has 3 nitrogen and oxygen atoms in total. The number of hydrogen-bond donors (Lipinski definition) is 2. The summed E-state index contributed by atoms with van der Waals surface area (Å²) < 4.78 is 13.3. The van der Waals surface area contributed by atoms with Gasteiger partial charge in [-0.1, -0.05) is 18.2 Å². The second-order valence-corrected chi connectivity index (χ2v) is 4.56. The van der Waals surface area contributed by atoms with Crippen LogP contribution in [0.1, 0.15) is 25.8 Å². The van der Waals surface area contributed by atoms with Gasteiger partial charge >= 0.3 is 0 Å². The van der Waals surface area contributed by atoms with Crippen LogP contribution in [0.25, 0.3) is 0 Å². The zero-order valence-electron chi connectivity index (χ0n) is 11.0. The highest BCUT2D eigenvalue weighted by molar-refractivity contribution is 5.76. The first-order valence-electron chi connectivity index (χ1n) is 6.33. The lowest BCUT2D eigenvalue weighted by molar-refractivity contribution is -0.121. The molecule has 1 aromatic carbocycles. The lowest BCUT2D eigenvalue weighted by Crippen LogP contribution is -2.32. The Hall–Kier alpha value is -1.42. The molecule has 0 atom stereocenters. The number of halogens is 1. The van der Waals surface area contributed by atoms with Crippen molar-refractivity contribution in [1.82, 2.24) is 10.6 Å². The van der Waals surface area contributed by atoms with Gasteiger partial charge in [-0.05, 0) is 38.4 Å². The van der Waals surface area contributed by atoms with E-state index in [1.54, 1.807) is 12.1 Å². The minimum Gasteiger partial charge on any atom is -0.354 e. The van der Waals surface area contributed by atoms with Crippen molar-refractivity contribution in [3.05, 3.63) is 35.6 Å². The Morgan fingerprint density at radius 2 is 2.00 bits per heavy atom. The van der Waals surface area contributed by atoms with Crippen LogP contribution >= 0.6 is 0 Å². The highest BCUT2D eigenvalue weighted by Gasteiger charge is 2.03. The van der Waals surface area contributed by atoms with Crippen LogP contribution in [0.4, 0.5) is 4.39 Å². The van der Waals surface area contributed by atoms with Gasteiger partial charge in [0.25, 0.3) is 0 Å². The van der Waals surface area contributed by atoms with Crippen LogP contribution in [0.2, 0.25) is 0 Å².